The van der Waals surface area contributed by atoms with E-state index in [-0.39, 0.29) is 17.4 Å². The van der Waals surface area contributed by atoms with Crippen molar-refractivity contribution in [1.29, 1.82) is 0 Å². The molecule has 2 rings (SSSR count). The number of thiophene rings is 1. The summed E-state index contributed by atoms with van der Waals surface area (Å²) in [4.78, 5) is 24.1. The Morgan fingerprint density at radius 1 is 1.47 bits per heavy atom. The number of rotatable bonds is 4. The van der Waals surface area contributed by atoms with Gasteiger partial charge in [-0.15, -0.1) is 23.1 Å². The second-order valence-corrected chi connectivity index (χ2v) is 5.94. The van der Waals surface area contributed by atoms with E-state index in [0.29, 0.717) is 10.4 Å². The third-order valence-corrected chi connectivity index (χ3v) is 5.00. The Labute approximate surface area is 108 Å². The van der Waals surface area contributed by atoms with Gasteiger partial charge in [0, 0.05) is 5.92 Å². The minimum Gasteiger partial charge on any atom is -0.465 e. The number of thioether (sulfide) groups is 1. The van der Waals surface area contributed by atoms with Gasteiger partial charge in [-0.25, -0.2) is 4.79 Å². The summed E-state index contributed by atoms with van der Waals surface area (Å²) < 4.78 is 5.44. The fourth-order valence-corrected chi connectivity index (χ4v) is 3.52. The molecule has 1 heterocycles. The third kappa shape index (κ3) is 2.19. The summed E-state index contributed by atoms with van der Waals surface area (Å²) in [5.41, 5.74) is 6.52. The van der Waals surface area contributed by atoms with E-state index >= 15 is 0 Å². The minimum atomic E-state index is -0.474. The first-order valence-corrected chi connectivity index (χ1v) is 7.23. The second kappa shape index (κ2) is 4.70. The van der Waals surface area contributed by atoms with Crippen LogP contribution in [0.3, 0.4) is 0 Å². The first kappa shape index (κ1) is 12.4. The molecule has 4 nitrogen and oxygen atoms in total. The van der Waals surface area contributed by atoms with Crippen LogP contribution in [0.25, 0.3) is 0 Å². The highest BCUT2D eigenvalue weighted by Crippen LogP contribution is 2.42. The number of ether oxygens (including phenoxy) is 1. The number of nitrogen functional groups attached to an aromatic ring is 1. The van der Waals surface area contributed by atoms with Crippen molar-refractivity contribution in [2.24, 2.45) is 5.92 Å². The van der Waals surface area contributed by atoms with Gasteiger partial charge >= 0.3 is 5.97 Å². The van der Waals surface area contributed by atoms with Gasteiger partial charge in [0.25, 0.3) is 0 Å². The van der Waals surface area contributed by atoms with Crippen molar-refractivity contribution in [3.8, 4) is 0 Å². The van der Waals surface area contributed by atoms with E-state index in [1.165, 1.54) is 30.2 Å². The molecule has 0 bridgehead atoms. The van der Waals surface area contributed by atoms with Gasteiger partial charge in [0.2, 0.25) is 0 Å². The maximum absolute atomic E-state index is 12.0. The highest BCUT2D eigenvalue weighted by Gasteiger charge is 2.35. The van der Waals surface area contributed by atoms with Crippen LogP contribution in [0.5, 0.6) is 0 Å². The lowest BCUT2D eigenvalue weighted by atomic mass is 10.1. The number of anilines is 1. The Balaban J connectivity index is 2.44. The SMILES string of the molecule is COC(=O)c1c(SC)sc(C(=O)C2CC2)c1N. The van der Waals surface area contributed by atoms with Crippen molar-refractivity contribution >= 4 is 40.5 Å². The molecule has 17 heavy (non-hydrogen) atoms. The van der Waals surface area contributed by atoms with Crippen LogP contribution < -0.4 is 5.73 Å². The van der Waals surface area contributed by atoms with Gasteiger partial charge in [-0.2, -0.15) is 0 Å². The molecule has 0 radical (unpaired) electrons. The minimum absolute atomic E-state index is 0.0675. The fourth-order valence-electron chi connectivity index (χ4n) is 1.58. The number of hydrogen-bond acceptors (Lipinski definition) is 6. The van der Waals surface area contributed by atoms with Crippen LogP contribution in [0.2, 0.25) is 0 Å². The van der Waals surface area contributed by atoms with Crippen LogP contribution >= 0.6 is 23.1 Å². The van der Waals surface area contributed by atoms with Crippen molar-refractivity contribution in [3.63, 3.8) is 0 Å². The lowest BCUT2D eigenvalue weighted by molar-refractivity contribution is 0.0599. The first-order valence-electron chi connectivity index (χ1n) is 5.19. The molecule has 0 amide bonds. The van der Waals surface area contributed by atoms with Crippen LogP contribution in [-0.2, 0) is 4.74 Å². The van der Waals surface area contributed by atoms with Gasteiger partial charge < -0.3 is 10.5 Å². The molecule has 0 aliphatic heterocycles. The average Bonchev–Trinajstić information content (AvgIpc) is 3.11. The Bertz CT molecular complexity index is 477. The highest BCUT2D eigenvalue weighted by atomic mass is 32.2. The van der Waals surface area contributed by atoms with Crippen LogP contribution in [0, 0.1) is 5.92 Å². The molecule has 0 saturated heterocycles. The van der Waals surface area contributed by atoms with Crippen molar-refractivity contribution in [2.45, 2.75) is 17.1 Å². The monoisotopic (exact) mass is 271 g/mol. The molecule has 2 N–H and O–H groups in total. The van der Waals surface area contributed by atoms with E-state index in [1.807, 2.05) is 6.26 Å². The van der Waals surface area contributed by atoms with Gasteiger partial charge in [0.1, 0.15) is 5.56 Å². The summed E-state index contributed by atoms with van der Waals surface area (Å²) in [5.74, 6) is -0.299. The number of ketones is 1. The summed E-state index contributed by atoms with van der Waals surface area (Å²) >= 11 is 2.70. The normalized spacial score (nSPS) is 14.7. The summed E-state index contributed by atoms with van der Waals surface area (Å²) in [5, 5.41) is 0. The van der Waals surface area contributed by atoms with Crippen LogP contribution in [-0.4, -0.2) is 25.1 Å². The molecule has 1 fully saturated rings. The van der Waals surface area contributed by atoms with Crippen LogP contribution in [0.1, 0.15) is 32.9 Å². The van der Waals surface area contributed by atoms with Gasteiger partial charge in [0.05, 0.1) is 21.9 Å². The zero-order chi connectivity index (χ0) is 12.6. The Morgan fingerprint density at radius 3 is 2.59 bits per heavy atom. The predicted octanol–water partition coefficient (Wildman–Crippen LogP) is 2.43. The van der Waals surface area contributed by atoms with E-state index < -0.39 is 5.97 Å². The summed E-state index contributed by atoms with van der Waals surface area (Å²) in [6.45, 7) is 0. The summed E-state index contributed by atoms with van der Waals surface area (Å²) in [6, 6.07) is 0. The summed E-state index contributed by atoms with van der Waals surface area (Å²) in [6.07, 6.45) is 3.71. The van der Waals surface area contributed by atoms with Gasteiger partial charge in [0.15, 0.2) is 5.78 Å². The van der Waals surface area contributed by atoms with E-state index in [2.05, 4.69) is 0 Å². The first-order chi connectivity index (χ1) is 8.10. The molecular formula is C11H13NO3S2. The van der Waals surface area contributed by atoms with E-state index in [9.17, 15) is 9.59 Å². The number of hydrogen-bond donors (Lipinski definition) is 1. The smallest absolute Gasteiger partial charge is 0.342 e. The predicted molar refractivity (Wildman–Crippen MR) is 68.9 cm³/mol. The molecule has 1 aliphatic carbocycles. The molecular weight excluding hydrogens is 258 g/mol. The molecule has 0 atom stereocenters. The van der Waals surface area contributed by atoms with E-state index in [0.717, 1.165) is 17.1 Å². The van der Waals surface area contributed by atoms with E-state index in [1.54, 1.807) is 0 Å². The maximum atomic E-state index is 12.0. The standard InChI is InChI=1S/C11H13NO3S2/c1-15-10(14)6-7(12)9(17-11(6)16-2)8(13)5-3-4-5/h5H,3-4,12H2,1-2H3. The summed E-state index contributed by atoms with van der Waals surface area (Å²) in [7, 11) is 1.31. The van der Waals surface area contributed by atoms with Crippen molar-refractivity contribution in [3.05, 3.63) is 10.4 Å². The number of carbonyl (C=O) groups is 2. The largest absolute Gasteiger partial charge is 0.465 e. The molecule has 0 aromatic carbocycles. The molecule has 0 unspecified atom stereocenters. The van der Waals surface area contributed by atoms with Crippen molar-refractivity contribution < 1.29 is 14.3 Å². The Morgan fingerprint density at radius 2 is 2.12 bits per heavy atom. The van der Waals surface area contributed by atoms with Gasteiger partial charge in [-0.1, -0.05) is 0 Å². The Kier molecular flexibility index (Phi) is 3.44. The topological polar surface area (TPSA) is 69.4 Å². The lowest BCUT2D eigenvalue weighted by Crippen LogP contribution is -2.07. The zero-order valence-electron chi connectivity index (χ0n) is 9.61. The molecule has 1 aliphatic rings. The van der Waals surface area contributed by atoms with Crippen molar-refractivity contribution in [1.82, 2.24) is 0 Å². The molecule has 0 spiro atoms. The average molecular weight is 271 g/mol. The number of Topliss-reactive ketones (excluding diaryl/α,β-unsaturated/α-hetero) is 1. The molecule has 6 heteroatoms. The number of carbonyl (C=O) groups excluding carboxylic acids is 2. The highest BCUT2D eigenvalue weighted by molar-refractivity contribution is 8.00. The van der Waals surface area contributed by atoms with Crippen molar-refractivity contribution in [2.75, 3.05) is 19.1 Å². The van der Waals surface area contributed by atoms with E-state index in [4.69, 9.17) is 10.5 Å². The molecule has 1 saturated carbocycles. The van der Waals surface area contributed by atoms with Crippen LogP contribution in [0.4, 0.5) is 5.69 Å². The zero-order valence-corrected chi connectivity index (χ0v) is 11.2. The molecule has 1 aromatic rings. The number of methoxy groups -OCH3 is 1. The number of esters is 1. The third-order valence-electron chi connectivity index (χ3n) is 2.66. The van der Waals surface area contributed by atoms with Gasteiger partial charge in [-0.05, 0) is 19.1 Å². The maximum Gasteiger partial charge on any atom is 0.342 e. The molecule has 1 aromatic heterocycles. The van der Waals surface area contributed by atoms with Crippen LogP contribution in [0.15, 0.2) is 4.21 Å². The quantitative estimate of drug-likeness (QED) is 0.517. The second-order valence-electron chi connectivity index (χ2n) is 3.84. The van der Waals surface area contributed by atoms with Gasteiger partial charge in [-0.3, -0.25) is 4.79 Å². The fraction of sp³-hybridized carbons (Fsp3) is 0.455. The number of nitrogens with two attached hydrogens (primary N) is 1. The Hall–Kier alpha value is -1.01. The molecule has 92 valence electrons. The lowest BCUT2D eigenvalue weighted by Gasteiger charge is -2.00.